The molecule has 1 fully saturated rings. The van der Waals surface area contributed by atoms with Crippen LogP contribution in [0.4, 0.5) is 17.8 Å². The predicted octanol–water partition coefficient (Wildman–Crippen LogP) is 3.13. The van der Waals surface area contributed by atoms with E-state index in [1.807, 2.05) is 23.6 Å². The van der Waals surface area contributed by atoms with Gasteiger partial charge in [-0.05, 0) is 37.1 Å². The molecule has 0 radical (unpaired) electrons. The number of nitrogen functional groups attached to an aromatic ring is 1. The second-order valence-corrected chi connectivity index (χ2v) is 11.9. The van der Waals surface area contributed by atoms with Gasteiger partial charge in [0.15, 0.2) is 5.89 Å². The first-order valence-corrected chi connectivity index (χ1v) is 16.5. The SMILES string of the molecule is CCc1nc(C)oc1Nc1nc2cc(C(N)=O)cc(OCCCN3CCOCC3)c2n1C/C=C/Cn1c(N)nc2cc(C(N)=O)cc(OC)c21. The number of hydrogen-bond acceptors (Lipinski definition) is 12. The number of oxazole rings is 1. The van der Waals surface area contributed by atoms with Crippen molar-refractivity contribution in [2.24, 2.45) is 11.5 Å². The molecule has 3 aromatic heterocycles. The lowest BCUT2D eigenvalue weighted by molar-refractivity contribution is 0.0358. The molecule has 0 bridgehead atoms. The van der Waals surface area contributed by atoms with Crippen LogP contribution in [0, 0.1) is 6.92 Å². The summed E-state index contributed by atoms with van der Waals surface area (Å²) in [5, 5.41) is 3.31. The Balaban J connectivity index is 1.33. The Morgan fingerprint density at radius 3 is 2.24 bits per heavy atom. The number of amides is 2. The number of imidazole rings is 2. The van der Waals surface area contributed by atoms with Crippen LogP contribution < -0.4 is 32.0 Å². The Labute approximate surface area is 288 Å². The van der Waals surface area contributed by atoms with E-state index in [9.17, 15) is 9.59 Å². The number of methoxy groups -OCH3 is 1. The van der Waals surface area contributed by atoms with E-state index in [2.05, 4.69) is 20.2 Å². The number of carbonyl (C=O) groups excluding carboxylic acids is 2. The van der Waals surface area contributed by atoms with E-state index < -0.39 is 11.8 Å². The van der Waals surface area contributed by atoms with Crippen molar-refractivity contribution in [3.8, 4) is 11.5 Å². The summed E-state index contributed by atoms with van der Waals surface area (Å²) in [5.74, 6) is 1.45. The molecule has 6 rings (SSSR count). The highest BCUT2D eigenvalue weighted by atomic mass is 16.5. The third kappa shape index (κ3) is 7.21. The molecule has 4 heterocycles. The van der Waals surface area contributed by atoms with Crippen molar-refractivity contribution < 1.29 is 28.2 Å². The summed E-state index contributed by atoms with van der Waals surface area (Å²) in [4.78, 5) is 40.3. The number of nitrogens with one attached hydrogen (secondary N) is 1. The van der Waals surface area contributed by atoms with Crippen molar-refractivity contribution in [3.05, 3.63) is 59.1 Å². The number of aryl methyl sites for hydroxylation is 2. The number of nitrogens with two attached hydrogens (primary N) is 3. The van der Waals surface area contributed by atoms with Crippen LogP contribution in [-0.2, 0) is 24.2 Å². The van der Waals surface area contributed by atoms with E-state index >= 15 is 0 Å². The Kier molecular flexibility index (Phi) is 10.2. The highest BCUT2D eigenvalue weighted by Crippen LogP contribution is 2.34. The molecule has 2 aromatic carbocycles. The number of nitrogens with zero attached hydrogens (tertiary/aromatic N) is 6. The number of allylic oxidation sites excluding steroid dienone is 2. The van der Waals surface area contributed by atoms with Crippen molar-refractivity contribution in [1.29, 1.82) is 0 Å². The van der Waals surface area contributed by atoms with Gasteiger partial charge in [0, 0.05) is 50.8 Å². The lowest BCUT2D eigenvalue weighted by atomic mass is 10.1. The lowest BCUT2D eigenvalue weighted by Crippen LogP contribution is -2.37. The largest absolute Gasteiger partial charge is 0.494 e. The van der Waals surface area contributed by atoms with Crippen molar-refractivity contribution in [3.63, 3.8) is 0 Å². The van der Waals surface area contributed by atoms with E-state index in [0.29, 0.717) is 77.4 Å². The summed E-state index contributed by atoms with van der Waals surface area (Å²) in [6, 6.07) is 6.47. The molecule has 0 atom stereocenters. The molecule has 264 valence electrons. The van der Waals surface area contributed by atoms with Gasteiger partial charge in [0.2, 0.25) is 29.6 Å². The Morgan fingerprint density at radius 2 is 1.58 bits per heavy atom. The number of fused-ring (bicyclic) bond motifs is 2. The molecule has 1 saturated heterocycles. The topological polar surface area (TPSA) is 217 Å². The monoisotopic (exact) mass is 686 g/mol. The van der Waals surface area contributed by atoms with Crippen molar-refractivity contribution >= 4 is 51.7 Å². The van der Waals surface area contributed by atoms with Gasteiger partial charge in [-0.15, -0.1) is 0 Å². The average Bonchev–Trinajstić information content (AvgIpc) is 3.75. The number of aromatic nitrogens is 5. The zero-order chi connectivity index (χ0) is 35.4. The molecule has 0 unspecified atom stereocenters. The van der Waals surface area contributed by atoms with Crippen LogP contribution >= 0.6 is 0 Å². The number of carbonyl (C=O) groups is 2. The molecule has 1 aliphatic rings. The normalized spacial score (nSPS) is 13.8. The zero-order valence-electron chi connectivity index (χ0n) is 28.4. The summed E-state index contributed by atoms with van der Waals surface area (Å²) < 4.78 is 27.0. The first kappa shape index (κ1) is 34.3. The smallest absolute Gasteiger partial charge is 0.248 e. The number of hydrogen-bond donors (Lipinski definition) is 4. The maximum absolute atomic E-state index is 12.4. The fourth-order valence-electron chi connectivity index (χ4n) is 6.05. The third-order valence-corrected chi connectivity index (χ3v) is 8.52. The minimum Gasteiger partial charge on any atom is -0.494 e. The van der Waals surface area contributed by atoms with Gasteiger partial charge in [-0.25, -0.2) is 15.0 Å². The van der Waals surface area contributed by atoms with Crippen LogP contribution in [0.2, 0.25) is 0 Å². The first-order valence-electron chi connectivity index (χ1n) is 16.5. The molecular formula is C34H42N10O6. The number of rotatable bonds is 15. The maximum atomic E-state index is 12.4. The maximum Gasteiger partial charge on any atom is 0.248 e. The lowest BCUT2D eigenvalue weighted by Gasteiger charge is -2.26. The number of ether oxygens (including phenoxy) is 3. The molecule has 0 aliphatic carbocycles. The predicted molar refractivity (Wildman–Crippen MR) is 188 cm³/mol. The van der Waals surface area contributed by atoms with Gasteiger partial charge >= 0.3 is 0 Å². The number of anilines is 3. The van der Waals surface area contributed by atoms with Crippen LogP contribution in [-0.4, -0.2) is 87.4 Å². The van der Waals surface area contributed by atoms with Crippen LogP contribution in [0.1, 0.15) is 45.6 Å². The van der Waals surface area contributed by atoms with E-state index in [4.69, 9.17) is 40.8 Å². The van der Waals surface area contributed by atoms with Crippen molar-refractivity contribution in [2.75, 3.05) is 57.6 Å². The fraction of sp³-hybridized carbons (Fsp3) is 0.382. The molecule has 0 saturated carbocycles. The first-order chi connectivity index (χ1) is 24.2. The molecule has 50 heavy (non-hydrogen) atoms. The van der Waals surface area contributed by atoms with E-state index in [-0.39, 0.29) is 17.1 Å². The van der Waals surface area contributed by atoms with Gasteiger partial charge < -0.3 is 45.0 Å². The van der Waals surface area contributed by atoms with Crippen LogP contribution in [0.3, 0.4) is 0 Å². The van der Waals surface area contributed by atoms with E-state index in [0.717, 1.165) is 45.0 Å². The molecule has 16 heteroatoms. The zero-order valence-corrected chi connectivity index (χ0v) is 28.4. The van der Waals surface area contributed by atoms with Crippen LogP contribution in [0.5, 0.6) is 11.5 Å². The Bertz CT molecular complexity index is 2060. The Morgan fingerprint density at radius 1 is 0.940 bits per heavy atom. The average molecular weight is 687 g/mol. The molecule has 1 aliphatic heterocycles. The highest BCUT2D eigenvalue weighted by Gasteiger charge is 2.21. The number of benzene rings is 2. The van der Waals surface area contributed by atoms with Gasteiger partial charge in [-0.3, -0.25) is 19.8 Å². The van der Waals surface area contributed by atoms with Gasteiger partial charge in [-0.1, -0.05) is 19.1 Å². The fourth-order valence-corrected chi connectivity index (χ4v) is 6.05. The summed E-state index contributed by atoms with van der Waals surface area (Å²) in [6.45, 7) is 8.99. The minimum absolute atomic E-state index is 0.250. The molecule has 5 aromatic rings. The summed E-state index contributed by atoms with van der Waals surface area (Å²) in [6.07, 6.45) is 5.32. The van der Waals surface area contributed by atoms with Gasteiger partial charge in [-0.2, -0.15) is 0 Å². The summed E-state index contributed by atoms with van der Waals surface area (Å²) in [5.41, 5.74) is 21.2. The molecule has 0 spiro atoms. The van der Waals surface area contributed by atoms with Crippen molar-refractivity contribution in [2.45, 2.75) is 39.8 Å². The van der Waals surface area contributed by atoms with Gasteiger partial charge in [0.1, 0.15) is 28.2 Å². The molecule has 2 amide bonds. The molecule has 16 nitrogen and oxygen atoms in total. The van der Waals surface area contributed by atoms with E-state index in [1.54, 1.807) is 35.8 Å². The molecule has 7 N–H and O–H groups in total. The van der Waals surface area contributed by atoms with Crippen LogP contribution in [0.15, 0.2) is 40.8 Å². The number of morpholine rings is 1. The number of primary amides is 2. The summed E-state index contributed by atoms with van der Waals surface area (Å²) >= 11 is 0. The quantitative estimate of drug-likeness (QED) is 0.0923. The molecular weight excluding hydrogens is 644 g/mol. The summed E-state index contributed by atoms with van der Waals surface area (Å²) in [7, 11) is 1.51. The second-order valence-electron chi connectivity index (χ2n) is 11.9. The van der Waals surface area contributed by atoms with Crippen molar-refractivity contribution in [1.82, 2.24) is 29.0 Å². The van der Waals surface area contributed by atoms with Gasteiger partial charge in [0.25, 0.3) is 0 Å². The second kappa shape index (κ2) is 14.9. The van der Waals surface area contributed by atoms with Crippen LogP contribution in [0.25, 0.3) is 22.1 Å². The minimum atomic E-state index is -0.592. The van der Waals surface area contributed by atoms with Gasteiger partial charge in [0.05, 0.1) is 38.0 Å². The standard InChI is InChI=1S/C34H42N10O6/c1-4-23-32(50-20(2)38-23)41-34-40-25-17-22(31(36)46)19-27(49-13-7-8-42-11-14-48-15-12-42)29(25)44(34)10-6-5-9-43-28-24(39-33(43)37)16-21(30(35)45)18-26(28)47-3/h5-6,16-19H,4,7-15H2,1-3H3,(H2,35,45)(H2,36,46)(H2,37,39)(H,40,41)/b6-5+. The van der Waals surface area contributed by atoms with E-state index in [1.165, 1.54) is 7.11 Å². The third-order valence-electron chi connectivity index (χ3n) is 8.52. The Hall–Kier alpha value is -5.61. The highest BCUT2D eigenvalue weighted by molar-refractivity contribution is 5.99.